The van der Waals surface area contributed by atoms with Crippen molar-refractivity contribution in [3.05, 3.63) is 11.6 Å². The van der Waals surface area contributed by atoms with E-state index in [1.165, 1.54) is 26.5 Å². The number of aliphatic hydroxyl groups excluding tert-OH is 5. The molecule has 5 rings (SSSR count). The summed E-state index contributed by atoms with van der Waals surface area (Å²) in [5, 5.41) is 54.9. The molecule has 292 valence electrons. The van der Waals surface area contributed by atoms with Crippen molar-refractivity contribution >= 4 is 11.9 Å². The monoisotopic (exact) mass is 724 g/mol. The lowest BCUT2D eigenvalue weighted by Gasteiger charge is -2.67. The molecule has 1 aliphatic heterocycles. The predicted octanol–water partition coefficient (Wildman–Crippen LogP) is 3.43. The molecule has 0 aromatic rings. The average Bonchev–Trinajstić information content (AvgIpc) is 3.42. The zero-order valence-electron chi connectivity index (χ0n) is 32.0. The lowest BCUT2D eigenvalue weighted by atomic mass is 9.39. The molecular weight excluding hydrogens is 660 g/mol. The molecule has 3 saturated carbocycles. The van der Waals surface area contributed by atoms with Crippen LogP contribution >= 0.6 is 0 Å². The van der Waals surface area contributed by atoms with Gasteiger partial charge >= 0.3 is 11.9 Å². The summed E-state index contributed by atoms with van der Waals surface area (Å²) in [6.07, 6.45) is -1.26. The lowest BCUT2D eigenvalue weighted by Crippen LogP contribution is -2.65. The van der Waals surface area contributed by atoms with Crippen molar-refractivity contribution in [2.45, 2.75) is 167 Å². The first-order valence-corrected chi connectivity index (χ1v) is 19.0. The molecule has 1 heterocycles. The van der Waals surface area contributed by atoms with E-state index >= 15 is 0 Å². The molecule has 0 aromatic carbocycles. The quantitative estimate of drug-likeness (QED) is 0.119. The molecule has 12 nitrogen and oxygen atoms in total. The van der Waals surface area contributed by atoms with Gasteiger partial charge in [0.2, 0.25) is 0 Å². The van der Waals surface area contributed by atoms with Gasteiger partial charge in [0.1, 0.15) is 43.2 Å². The number of hydrogen-bond acceptors (Lipinski definition) is 12. The van der Waals surface area contributed by atoms with Gasteiger partial charge in [-0.15, -0.1) is 0 Å². The first-order chi connectivity index (χ1) is 23.7. The number of carbonyl (C=O) groups excluding carboxylic acids is 2. The van der Waals surface area contributed by atoms with Gasteiger partial charge in [0.25, 0.3) is 0 Å². The fourth-order valence-corrected chi connectivity index (χ4v) is 11.3. The average molecular weight is 725 g/mol. The summed E-state index contributed by atoms with van der Waals surface area (Å²) in [5.41, 5.74) is -0.418. The number of allylic oxidation sites excluding steroid dienone is 1. The van der Waals surface area contributed by atoms with E-state index in [2.05, 4.69) is 33.8 Å². The van der Waals surface area contributed by atoms with E-state index in [1.54, 1.807) is 13.8 Å². The van der Waals surface area contributed by atoms with Crippen LogP contribution in [0.2, 0.25) is 0 Å². The SMILES string of the molecule is COC(C)(C)[C@@H](O)[C@H](O)C[C@@H](C)[C@@H]1CC=C2[C@@]3(C)C(CC[C@]21C)[C@@]1(C)CC[C@@H](OC(C)=O)C[C@@H]1C[C@H]3O[C@@H]1O[C@H](COC(C)=O)[C@@H](O)[C@H](O)[C@H]1O. The van der Waals surface area contributed by atoms with Crippen LogP contribution in [0.1, 0.15) is 107 Å². The van der Waals surface area contributed by atoms with Crippen molar-refractivity contribution in [3.63, 3.8) is 0 Å². The van der Waals surface area contributed by atoms with E-state index in [0.717, 1.165) is 32.1 Å². The maximum absolute atomic E-state index is 12.0. The molecule has 4 aliphatic carbocycles. The van der Waals surface area contributed by atoms with Crippen LogP contribution in [0.3, 0.4) is 0 Å². The summed E-state index contributed by atoms with van der Waals surface area (Å²) in [5.74, 6) is -0.250. The van der Waals surface area contributed by atoms with Crippen LogP contribution in [0.5, 0.6) is 0 Å². The van der Waals surface area contributed by atoms with Crippen molar-refractivity contribution in [2.75, 3.05) is 13.7 Å². The van der Waals surface area contributed by atoms with E-state index in [1.807, 2.05) is 0 Å². The Hall–Kier alpha value is -1.64. The van der Waals surface area contributed by atoms with E-state index in [0.29, 0.717) is 19.3 Å². The van der Waals surface area contributed by atoms with Crippen molar-refractivity contribution < 1.29 is 58.8 Å². The lowest BCUT2D eigenvalue weighted by molar-refractivity contribution is -0.331. The number of esters is 2. The second kappa shape index (κ2) is 14.9. The third-order valence-corrected chi connectivity index (χ3v) is 14.4. The number of aliphatic hydroxyl groups is 5. The number of fused-ring (bicyclic) bond motifs is 5. The van der Waals surface area contributed by atoms with Gasteiger partial charge in [-0.05, 0) is 99.7 Å². The number of carbonyl (C=O) groups is 2. The molecule has 4 fully saturated rings. The minimum atomic E-state index is -1.58. The summed E-state index contributed by atoms with van der Waals surface area (Å²) in [7, 11) is 1.53. The third-order valence-electron chi connectivity index (χ3n) is 14.4. The molecule has 12 heteroatoms. The highest BCUT2D eigenvalue weighted by atomic mass is 16.7. The highest BCUT2D eigenvalue weighted by Crippen LogP contribution is 2.72. The maximum atomic E-state index is 12.0. The van der Waals surface area contributed by atoms with Gasteiger partial charge in [0.15, 0.2) is 6.29 Å². The van der Waals surface area contributed by atoms with Crippen LogP contribution in [-0.2, 0) is 33.3 Å². The van der Waals surface area contributed by atoms with Crippen LogP contribution in [0.4, 0.5) is 0 Å². The van der Waals surface area contributed by atoms with Gasteiger partial charge in [0.05, 0.1) is 17.8 Å². The minimum Gasteiger partial charge on any atom is -0.463 e. The summed E-state index contributed by atoms with van der Waals surface area (Å²) in [4.78, 5) is 23.6. The largest absolute Gasteiger partial charge is 0.463 e. The van der Waals surface area contributed by atoms with Crippen LogP contribution < -0.4 is 0 Å². The maximum Gasteiger partial charge on any atom is 0.302 e. The van der Waals surface area contributed by atoms with Crippen molar-refractivity contribution in [3.8, 4) is 0 Å². The van der Waals surface area contributed by atoms with Crippen molar-refractivity contribution in [2.24, 2.45) is 39.9 Å². The molecule has 51 heavy (non-hydrogen) atoms. The Bertz CT molecular complexity index is 1300. The molecule has 0 radical (unpaired) electrons. The zero-order chi connectivity index (χ0) is 37.8. The minimum absolute atomic E-state index is 0.0776. The Kier molecular flexibility index (Phi) is 11.8. The second-order valence-corrected chi connectivity index (χ2v) is 17.7. The molecule has 16 atom stereocenters. The second-order valence-electron chi connectivity index (χ2n) is 17.7. The molecule has 0 aromatic heterocycles. The van der Waals surface area contributed by atoms with Crippen LogP contribution in [0.15, 0.2) is 11.6 Å². The number of rotatable bonds is 11. The fourth-order valence-electron chi connectivity index (χ4n) is 11.3. The predicted molar refractivity (Wildman–Crippen MR) is 186 cm³/mol. The van der Waals surface area contributed by atoms with Crippen molar-refractivity contribution in [1.29, 1.82) is 0 Å². The zero-order valence-corrected chi connectivity index (χ0v) is 32.0. The first kappa shape index (κ1) is 40.5. The standard InChI is InChI=1S/C39H64O12/c1-20(16-26(42)34(46)36(4,5)47-9)25-10-11-28-38(25,7)15-13-29-37(6)14-12-24(49-22(3)41)17-23(37)18-30(39(28,29)8)51-35-33(45)32(44)31(43)27(50-35)19-48-21(2)40/h11,20,23-27,29-35,42-46H,10,12-19H2,1-9H3/t20-,23-,24-,25+,26-,27-,29?,30-,31-,32+,33-,34+,35+,37+,38+,39+/m1/s1. The van der Waals surface area contributed by atoms with Crippen LogP contribution in [-0.4, -0.2) is 112 Å². The molecule has 5 aliphatic rings. The van der Waals surface area contributed by atoms with E-state index in [4.69, 9.17) is 23.7 Å². The van der Waals surface area contributed by atoms with E-state index in [9.17, 15) is 35.1 Å². The van der Waals surface area contributed by atoms with Gasteiger partial charge in [-0.1, -0.05) is 39.3 Å². The smallest absolute Gasteiger partial charge is 0.302 e. The van der Waals surface area contributed by atoms with Crippen molar-refractivity contribution in [1.82, 2.24) is 0 Å². The normalized spacial score (nSPS) is 44.2. The molecule has 0 spiro atoms. The molecular formula is C39H64O12. The van der Waals surface area contributed by atoms with Gasteiger partial charge in [0, 0.05) is 26.4 Å². The summed E-state index contributed by atoms with van der Waals surface area (Å²) in [6.45, 7) is 15.0. The third kappa shape index (κ3) is 7.30. The Morgan fingerprint density at radius 1 is 1.00 bits per heavy atom. The van der Waals surface area contributed by atoms with Gasteiger partial charge in [-0.2, -0.15) is 0 Å². The summed E-state index contributed by atoms with van der Waals surface area (Å²) >= 11 is 0. The first-order valence-electron chi connectivity index (χ1n) is 19.0. The number of methoxy groups -OCH3 is 1. The fraction of sp³-hybridized carbons (Fsp3) is 0.897. The Balaban J connectivity index is 1.47. The highest BCUT2D eigenvalue weighted by molar-refractivity contribution is 5.66. The van der Waals surface area contributed by atoms with Crippen LogP contribution in [0.25, 0.3) is 0 Å². The van der Waals surface area contributed by atoms with Gasteiger partial charge in [-0.3, -0.25) is 9.59 Å². The molecule has 0 bridgehead atoms. The Morgan fingerprint density at radius 3 is 2.31 bits per heavy atom. The topological polar surface area (TPSA) is 181 Å². The Labute approximate surface area is 303 Å². The Morgan fingerprint density at radius 2 is 1.69 bits per heavy atom. The number of hydrogen-bond donors (Lipinski definition) is 5. The molecule has 1 unspecified atom stereocenters. The van der Waals surface area contributed by atoms with Gasteiger partial charge in [-0.25, -0.2) is 0 Å². The highest BCUT2D eigenvalue weighted by Gasteiger charge is 2.67. The van der Waals surface area contributed by atoms with Gasteiger partial charge < -0.3 is 49.2 Å². The molecule has 1 saturated heterocycles. The molecule has 0 amide bonds. The van der Waals surface area contributed by atoms with E-state index in [-0.39, 0.29) is 53.2 Å². The van der Waals surface area contributed by atoms with E-state index < -0.39 is 66.0 Å². The van der Waals surface area contributed by atoms with Crippen LogP contribution in [0, 0.1) is 39.9 Å². The summed E-state index contributed by atoms with van der Waals surface area (Å²) < 4.78 is 29.3. The number of ether oxygens (including phenoxy) is 5. The summed E-state index contributed by atoms with van der Waals surface area (Å²) in [6, 6.07) is 0. The molecule has 5 N–H and O–H groups in total.